The minimum Gasteiger partial charge on any atom is -0.385 e. The van der Waals surface area contributed by atoms with Crippen LogP contribution in [-0.2, 0) is 4.74 Å². The number of pyridine rings is 1. The summed E-state index contributed by atoms with van der Waals surface area (Å²) in [6.45, 7) is 5.42. The number of nitrogens with zero attached hydrogens (tertiary/aromatic N) is 3. The highest BCUT2D eigenvalue weighted by Crippen LogP contribution is 2.22. The van der Waals surface area contributed by atoms with Crippen molar-refractivity contribution in [2.75, 3.05) is 32.2 Å². The zero-order valence-electron chi connectivity index (χ0n) is 10.9. The molecule has 0 aliphatic heterocycles. The molecular formula is C13H19N3O. The van der Waals surface area contributed by atoms with Gasteiger partial charge in [0.1, 0.15) is 6.07 Å². The van der Waals surface area contributed by atoms with Crippen LogP contribution in [0, 0.1) is 25.2 Å². The molecule has 1 rings (SSSR count). The third kappa shape index (κ3) is 3.43. The summed E-state index contributed by atoms with van der Waals surface area (Å²) in [6.07, 6.45) is 0.943. The Morgan fingerprint density at radius 2 is 2.18 bits per heavy atom. The first-order valence-corrected chi connectivity index (χ1v) is 5.68. The normalized spacial score (nSPS) is 10.1. The summed E-state index contributed by atoms with van der Waals surface area (Å²) in [5, 5.41) is 9.17. The van der Waals surface area contributed by atoms with Gasteiger partial charge in [-0.1, -0.05) is 0 Å². The van der Waals surface area contributed by atoms with Gasteiger partial charge in [-0.05, 0) is 26.3 Å². The smallest absolute Gasteiger partial charge is 0.103 e. The Balaban J connectivity index is 2.92. The summed E-state index contributed by atoms with van der Waals surface area (Å²) in [7, 11) is 3.69. The second kappa shape index (κ2) is 6.21. The van der Waals surface area contributed by atoms with Crippen molar-refractivity contribution in [1.82, 2.24) is 4.98 Å². The first-order chi connectivity index (χ1) is 8.10. The maximum atomic E-state index is 9.17. The molecule has 17 heavy (non-hydrogen) atoms. The molecule has 0 aliphatic carbocycles. The number of methoxy groups -OCH3 is 1. The fourth-order valence-corrected chi connectivity index (χ4v) is 1.81. The monoisotopic (exact) mass is 233 g/mol. The molecule has 1 aromatic heterocycles. The van der Waals surface area contributed by atoms with E-state index in [0.29, 0.717) is 5.56 Å². The van der Waals surface area contributed by atoms with Gasteiger partial charge < -0.3 is 9.64 Å². The van der Waals surface area contributed by atoms with Crippen LogP contribution in [0.1, 0.15) is 23.4 Å². The Morgan fingerprint density at radius 1 is 1.47 bits per heavy atom. The SMILES string of the molecule is COCCCN(C)c1cc(C)nc(C)c1C#N. The van der Waals surface area contributed by atoms with E-state index >= 15 is 0 Å². The molecule has 0 spiro atoms. The van der Waals surface area contributed by atoms with Crippen molar-refractivity contribution in [2.45, 2.75) is 20.3 Å². The van der Waals surface area contributed by atoms with Crippen LogP contribution in [0.25, 0.3) is 0 Å². The fourth-order valence-electron chi connectivity index (χ4n) is 1.81. The molecule has 92 valence electrons. The molecule has 0 fully saturated rings. The number of hydrogen-bond acceptors (Lipinski definition) is 4. The van der Waals surface area contributed by atoms with Gasteiger partial charge in [0.25, 0.3) is 0 Å². The van der Waals surface area contributed by atoms with Crippen LogP contribution >= 0.6 is 0 Å². The Bertz CT molecular complexity index is 423. The van der Waals surface area contributed by atoms with Crippen LogP contribution in [0.2, 0.25) is 0 Å². The molecule has 4 heteroatoms. The molecule has 0 radical (unpaired) electrons. The number of rotatable bonds is 5. The lowest BCUT2D eigenvalue weighted by atomic mass is 10.1. The van der Waals surface area contributed by atoms with E-state index in [1.807, 2.05) is 27.0 Å². The Labute approximate surface area is 103 Å². The molecular weight excluding hydrogens is 214 g/mol. The quantitative estimate of drug-likeness (QED) is 0.730. The maximum absolute atomic E-state index is 9.17. The van der Waals surface area contributed by atoms with Gasteiger partial charge in [0, 0.05) is 33.0 Å². The number of ether oxygens (including phenoxy) is 1. The highest BCUT2D eigenvalue weighted by atomic mass is 16.5. The van der Waals surface area contributed by atoms with E-state index in [4.69, 9.17) is 10.00 Å². The van der Waals surface area contributed by atoms with Gasteiger partial charge in [-0.15, -0.1) is 0 Å². The van der Waals surface area contributed by atoms with Gasteiger partial charge in [0.2, 0.25) is 0 Å². The van der Waals surface area contributed by atoms with E-state index in [9.17, 15) is 0 Å². The van der Waals surface area contributed by atoms with Crippen molar-refractivity contribution in [3.8, 4) is 6.07 Å². The highest BCUT2D eigenvalue weighted by Gasteiger charge is 2.11. The topological polar surface area (TPSA) is 49.1 Å². The molecule has 1 aromatic rings. The standard InChI is InChI=1S/C13H19N3O/c1-10-8-13(12(9-14)11(2)15-10)16(3)6-5-7-17-4/h8H,5-7H2,1-4H3. The summed E-state index contributed by atoms with van der Waals surface area (Å²) in [6, 6.07) is 4.18. The van der Waals surface area contributed by atoms with Gasteiger partial charge in [-0.25, -0.2) is 0 Å². The Hall–Kier alpha value is -1.60. The van der Waals surface area contributed by atoms with Crippen LogP contribution in [0.15, 0.2) is 6.07 Å². The van der Waals surface area contributed by atoms with E-state index in [-0.39, 0.29) is 0 Å². The summed E-state index contributed by atoms with van der Waals surface area (Å²) >= 11 is 0. The predicted molar refractivity (Wildman–Crippen MR) is 68.2 cm³/mol. The third-order valence-corrected chi connectivity index (χ3v) is 2.67. The summed E-state index contributed by atoms with van der Waals surface area (Å²) in [4.78, 5) is 6.39. The molecule has 0 saturated carbocycles. The van der Waals surface area contributed by atoms with Crippen molar-refractivity contribution >= 4 is 5.69 Å². The van der Waals surface area contributed by atoms with Crippen LogP contribution in [0.4, 0.5) is 5.69 Å². The van der Waals surface area contributed by atoms with Crippen LogP contribution < -0.4 is 4.90 Å². The van der Waals surface area contributed by atoms with Crippen molar-refractivity contribution in [1.29, 1.82) is 5.26 Å². The van der Waals surface area contributed by atoms with Crippen molar-refractivity contribution in [2.24, 2.45) is 0 Å². The summed E-state index contributed by atoms with van der Waals surface area (Å²) in [5.41, 5.74) is 3.35. The minimum atomic E-state index is 0.663. The van der Waals surface area contributed by atoms with Crippen LogP contribution in [0.3, 0.4) is 0 Å². The lowest BCUT2D eigenvalue weighted by molar-refractivity contribution is 0.196. The number of anilines is 1. The van der Waals surface area contributed by atoms with Crippen molar-refractivity contribution in [3.05, 3.63) is 23.0 Å². The molecule has 4 nitrogen and oxygen atoms in total. The van der Waals surface area contributed by atoms with Gasteiger partial charge in [-0.3, -0.25) is 4.98 Å². The predicted octanol–water partition coefficient (Wildman–Crippen LogP) is 2.04. The molecule has 0 atom stereocenters. The molecule has 0 unspecified atom stereocenters. The molecule has 0 aromatic carbocycles. The Kier molecular flexibility index (Phi) is 4.92. The number of aromatic nitrogens is 1. The number of nitriles is 1. The van der Waals surface area contributed by atoms with E-state index < -0.39 is 0 Å². The average molecular weight is 233 g/mol. The second-order valence-electron chi connectivity index (χ2n) is 4.12. The largest absolute Gasteiger partial charge is 0.385 e. The molecule has 0 saturated heterocycles. The lowest BCUT2D eigenvalue weighted by Gasteiger charge is -2.21. The van der Waals surface area contributed by atoms with Gasteiger partial charge in [0.15, 0.2) is 0 Å². The molecule has 0 aliphatic rings. The van der Waals surface area contributed by atoms with Crippen molar-refractivity contribution < 1.29 is 4.74 Å². The van der Waals surface area contributed by atoms with Crippen LogP contribution in [-0.4, -0.2) is 32.3 Å². The van der Waals surface area contributed by atoms with Crippen molar-refractivity contribution in [3.63, 3.8) is 0 Å². The third-order valence-electron chi connectivity index (χ3n) is 2.67. The van der Waals surface area contributed by atoms with Gasteiger partial charge in [0.05, 0.1) is 16.9 Å². The molecule has 0 N–H and O–H groups in total. The van der Waals surface area contributed by atoms with E-state index in [1.165, 1.54) is 0 Å². The fraction of sp³-hybridized carbons (Fsp3) is 0.538. The second-order valence-corrected chi connectivity index (χ2v) is 4.12. The first-order valence-electron chi connectivity index (χ1n) is 5.68. The molecule has 0 amide bonds. The lowest BCUT2D eigenvalue weighted by Crippen LogP contribution is -2.21. The van der Waals surface area contributed by atoms with Crippen LogP contribution in [0.5, 0.6) is 0 Å². The van der Waals surface area contributed by atoms with E-state index in [1.54, 1.807) is 7.11 Å². The zero-order chi connectivity index (χ0) is 12.8. The van der Waals surface area contributed by atoms with E-state index in [2.05, 4.69) is 16.0 Å². The van der Waals surface area contributed by atoms with Gasteiger partial charge >= 0.3 is 0 Å². The molecule has 0 bridgehead atoms. The minimum absolute atomic E-state index is 0.663. The zero-order valence-corrected chi connectivity index (χ0v) is 10.9. The van der Waals surface area contributed by atoms with E-state index in [0.717, 1.165) is 36.6 Å². The van der Waals surface area contributed by atoms with Gasteiger partial charge in [-0.2, -0.15) is 5.26 Å². The first kappa shape index (κ1) is 13.5. The molecule has 1 heterocycles. The summed E-state index contributed by atoms with van der Waals surface area (Å²) < 4.78 is 5.03. The number of hydrogen-bond donors (Lipinski definition) is 0. The summed E-state index contributed by atoms with van der Waals surface area (Å²) in [5.74, 6) is 0. The number of aryl methyl sites for hydroxylation is 2. The highest BCUT2D eigenvalue weighted by molar-refractivity contribution is 5.61. The maximum Gasteiger partial charge on any atom is 0.103 e. The average Bonchev–Trinajstić information content (AvgIpc) is 2.28. The Morgan fingerprint density at radius 3 is 2.76 bits per heavy atom.